The molecule has 3 nitrogen and oxygen atoms in total. The van der Waals surface area contributed by atoms with Gasteiger partial charge < -0.3 is 9.88 Å². The van der Waals surface area contributed by atoms with E-state index in [1.165, 1.54) is 25.7 Å². The lowest BCUT2D eigenvalue weighted by molar-refractivity contribution is 0.355. The maximum absolute atomic E-state index is 4.45. The van der Waals surface area contributed by atoms with E-state index >= 15 is 0 Å². The number of anilines is 1. The van der Waals surface area contributed by atoms with Crippen LogP contribution in [0.2, 0.25) is 0 Å². The predicted octanol–water partition coefficient (Wildman–Crippen LogP) is 3.06. The maximum Gasteiger partial charge on any atom is 0.203 e. The van der Waals surface area contributed by atoms with Gasteiger partial charge in [0.25, 0.3) is 0 Å². The van der Waals surface area contributed by atoms with Gasteiger partial charge in [-0.25, -0.2) is 4.98 Å². The van der Waals surface area contributed by atoms with Gasteiger partial charge in [0.1, 0.15) is 0 Å². The Morgan fingerprint density at radius 3 is 2.69 bits per heavy atom. The molecule has 1 aromatic heterocycles. The smallest absolute Gasteiger partial charge is 0.203 e. The molecule has 3 heteroatoms. The second-order valence-electron chi connectivity index (χ2n) is 5.56. The SMILES string of the molecule is CC1CCC(n2ccnc2NC2CC2)C1C. The van der Waals surface area contributed by atoms with Gasteiger partial charge >= 0.3 is 0 Å². The fourth-order valence-corrected chi connectivity index (χ4v) is 2.83. The Hall–Kier alpha value is -0.990. The summed E-state index contributed by atoms with van der Waals surface area (Å²) in [5.74, 6) is 2.71. The van der Waals surface area contributed by atoms with Gasteiger partial charge in [-0.15, -0.1) is 0 Å². The standard InChI is InChI=1S/C13H21N3/c1-9-3-6-12(10(9)2)16-8-7-14-13(16)15-11-4-5-11/h7-12H,3-6H2,1-2H3,(H,14,15). The minimum absolute atomic E-state index is 0.652. The molecule has 0 aromatic carbocycles. The highest BCUT2D eigenvalue weighted by atomic mass is 15.2. The summed E-state index contributed by atoms with van der Waals surface area (Å²) in [4.78, 5) is 4.45. The molecule has 2 aliphatic rings. The summed E-state index contributed by atoms with van der Waals surface area (Å²) in [6.07, 6.45) is 9.35. The molecule has 3 rings (SSSR count). The normalized spacial score (nSPS) is 34.2. The Morgan fingerprint density at radius 2 is 2.06 bits per heavy atom. The van der Waals surface area contributed by atoms with E-state index in [4.69, 9.17) is 0 Å². The Labute approximate surface area is 97.3 Å². The molecule has 0 saturated heterocycles. The third-order valence-corrected chi connectivity index (χ3v) is 4.36. The van der Waals surface area contributed by atoms with E-state index in [1.54, 1.807) is 0 Å². The van der Waals surface area contributed by atoms with Crippen LogP contribution in [0.1, 0.15) is 45.6 Å². The third kappa shape index (κ3) is 1.72. The quantitative estimate of drug-likeness (QED) is 0.846. The number of hydrogen-bond donors (Lipinski definition) is 1. The van der Waals surface area contributed by atoms with Crippen molar-refractivity contribution in [2.75, 3.05) is 5.32 Å². The maximum atomic E-state index is 4.45. The number of imidazole rings is 1. The van der Waals surface area contributed by atoms with Crippen LogP contribution in [-0.2, 0) is 0 Å². The first-order valence-corrected chi connectivity index (χ1v) is 6.55. The summed E-state index contributed by atoms with van der Waals surface area (Å²) in [6.45, 7) is 4.75. The highest BCUT2D eigenvalue weighted by Crippen LogP contribution is 2.41. The molecule has 1 heterocycles. The molecule has 0 spiro atoms. The van der Waals surface area contributed by atoms with Crippen LogP contribution < -0.4 is 5.32 Å². The molecule has 2 saturated carbocycles. The second kappa shape index (κ2) is 3.79. The fraction of sp³-hybridized carbons (Fsp3) is 0.769. The Bertz CT molecular complexity index is 367. The van der Waals surface area contributed by atoms with Crippen LogP contribution in [0, 0.1) is 11.8 Å². The monoisotopic (exact) mass is 219 g/mol. The van der Waals surface area contributed by atoms with Crippen molar-refractivity contribution in [2.24, 2.45) is 11.8 Å². The number of aromatic nitrogens is 2. The van der Waals surface area contributed by atoms with Crippen LogP contribution in [0.3, 0.4) is 0 Å². The topological polar surface area (TPSA) is 29.9 Å². The van der Waals surface area contributed by atoms with Crippen molar-refractivity contribution in [3.8, 4) is 0 Å². The van der Waals surface area contributed by atoms with Crippen LogP contribution in [0.4, 0.5) is 5.95 Å². The van der Waals surface area contributed by atoms with E-state index < -0.39 is 0 Å². The minimum atomic E-state index is 0.652. The van der Waals surface area contributed by atoms with Crippen molar-refractivity contribution in [1.82, 2.24) is 9.55 Å². The molecule has 0 radical (unpaired) electrons. The van der Waals surface area contributed by atoms with Crippen LogP contribution in [0.5, 0.6) is 0 Å². The van der Waals surface area contributed by atoms with E-state index in [2.05, 4.69) is 34.9 Å². The molecule has 0 bridgehead atoms. The molecular weight excluding hydrogens is 198 g/mol. The second-order valence-corrected chi connectivity index (χ2v) is 5.56. The average molecular weight is 219 g/mol. The lowest BCUT2D eigenvalue weighted by atomic mass is 9.98. The highest BCUT2D eigenvalue weighted by molar-refractivity contribution is 5.30. The van der Waals surface area contributed by atoms with Crippen molar-refractivity contribution in [3.63, 3.8) is 0 Å². The zero-order valence-electron chi connectivity index (χ0n) is 10.2. The van der Waals surface area contributed by atoms with E-state index in [-0.39, 0.29) is 0 Å². The molecule has 1 aromatic rings. The summed E-state index contributed by atoms with van der Waals surface area (Å²) >= 11 is 0. The number of nitrogens with one attached hydrogen (secondary N) is 1. The van der Waals surface area contributed by atoms with Gasteiger partial charge in [-0.3, -0.25) is 0 Å². The van der Waals surface area contributed by atoms with Gasteiger partial charge in [-0.1, -0.05) is 13.8 Å². The Morgan fingerprint density at radius 1 is 1.25 bits per heavy atom. The average Bonchev–Trinajstić information content (AvgIpc) is 2.87. The molecule has 3 atom stereocenters. The van der Waals surface area contributed by atoms with Crippen molar-refractivity contribution in [1.29, 1.82) is 0 Å². The van der Waals surface area contributed by atoms with Gasteiger partial charge in [-0.05, 0) is 37.5 Å². The summed E-state index contributed by atoms with van der Waals surface area (Å²) in [5, 5.41) is 3.53. The van der Waals surface area contributed by atoms with Crippen LogP contribution >= 0.6 is 0 Å². The van der Waals surface area contributed by atoms with E-state index in [1.807, 2.05) is 6.20 Å². The van der Waals surface area contributed by atoms with Crippen LogP contribution in [0.15, 0.2) is 12.4 Å². The fourth-order valence-electron chi connectivity index (χ4n) is 2.83. The molecule has 88 valence electrons. The minimum Gasteiger partial charge on any atom is -0.353 e. The van der Waals surface area contributed by atoms with Gasteiger partial charge in [0.15, 0.2) is 0 Å². The summed E-state index contributed by atoms with van der Waals surface area (Å²) < 4.78 is 2.37. The lowest BCUT2D eigenvalue weighted by Crippen LogP contribution is -2.17. The van der Waals surface area contributed by atoms with Gasteiger partial charge in [0.2, 0.25) is 5.95 Å². The third-order valence-electron chi connectivity index (χ3n) is 4.36. The largest absolute Gasteiger partial charge is 0.353 e. The molecule has 3 unspecified atom stereocenters. The first kappa shape index (κ1) is 10.2. The zero-order chi connectivity index (χ0) is 11.1. The number of nitrogens with zero attached hydrogens (tertiary/aromatic N) is 2. The summed E-state index contributed by atoms with van der Waals surface area (Å²) in [5.41, 5.74) is 0. The predicted molar refractivity (Wildman–Crippen MR) is 65.5 cm³/mol. The van der Waals surface area contributed by atoms with Crippen molar-refractivity contribution < 1.29 is 0 Å². The van der Waals surface area contributed by atoms with Crippen LogP contribution in [0.25, 0.3) is 0 Å². The molecule has 2 fully saturated rings. The van der Waals surface area contributed by atoms with Gasteiger partial charge in [-0.2, -0.15) is 0 Å². The number of rotatable bonds is 3. The van der Waals surface area contributed by atoms with Crippen molar-refractivity contribution in [3.05, 3.63) is 12.4 Å². The molecule has 0 amide bonds. The summed E-state index contributed by atoms with van der Waals surface area (Å²) in [6, 6.07) is 1.34. The molecule has 2 aliphatic carbocycles. The Kier molecular flexibility index (Phi) is 2.41. The highest BCUT2D eigenvalue weighted by Gasteiger charge is 2.32. The summed E-state index contributed by atoms with van der Waals surface area (Å²) in [7, 11) is 0. The first-order valence-electron chi connectivity index (χ1n) is 6.55. The Balaban J connectivity index is 1.79. The van der Waals surface area contributed by atoms with Gasteiger partial charge in [0.05, 0.1) is 0 Å². The first-order chi connectivity index (χ1) is 7.75. The molecule has 1 N–H and O–H groups in total. The van der Waals surface area contributed by atoms with Crippen molar-refractivity contribution in [2.45, 2.75) is 51.6 Å². The van der Waals surface area contributed by atoms with E-state index in [0.717, 1.165) is 17.8 Å². The van der Waals surface area contributed by atoms with Crippen molar-refractivity contribution >= 4 is 5.95 Å². The van der Waals surface area contributed by atoms with E-state index in [0.29, 0.717) is 12.1 Å². The van der Waals surface area contributed by atoms with E-state index in [9.17, 15) is 0 Å². The lowest BCUT2D eigenvalue weighted by Gasteiger charge is -2.22. The zero-order valence-corrected chi connectivity index (χ0v) is 10.2. The molecular formula is C13H21N3. The molecule has 16 heavy (non-hydrogen) atoms. The number of hydrogen-bond acceptors (Lipinski definition) is 2. The molecule has 0 aliphatic heterocycles. The van der Waals surface area contributed by atoms with Gasteiger partial charge in [0, 0.05) is 24.5 Å². The van der Waals surface area contributed by atoms with Crippen LogP contribution in [-0.4, -0.2) is 15.6 Å².